The van der Waals surface area contributed by atoms with Gasteiger partial charge in [0.15, 0.2) is 0 Å². The van der Waals surface area contributed by atoms with Crippen molar-refractivity contribution in [3.63, 3.8) is 0 Å². The molecule has 0 unspecified atom stereocenters. The van der Waals surface area contributed by atoms with Gasteiger partial charge in [-0.3, -0.25) is 14.6 Å². The minimum Gasteiger partial charge on any atom is -0.355 e. The number of carbonyl (C=O) groups excluding carboxylic acids is 1. The lowest BCUT2D eigenvalue weighted by molar-refractivity contribution is 0.0271. The summed E-state index contributed by atoms with van der Waals surface area (Å²) in [5, 5.41) is 3.20. The van der Waals surface area contributed by atoms with Gasteiger partial charge in [0.2, 0.25) is 10.0 Å². The summed E-state index contributed by atoms with van der Waals surface area (Å²) in [6.45, 7) is 7.85. The summed E-state index contributed by atoms with van der Waals surface area (Å²) in [6, 6.07) is 15.7. The maximum absolute atomic E-state index is 13.4. The van der Waals surface area contributed by atoms with Crippen LogP contribution >= 0.6 is 22.6 Å². The first-order valence-electron chi connectivity index (χ1n) is 14.0. The zero-order valence-corrected chi connectivity index (χ0v) is 26.5. The van der Waals surface area contributed by atoms with Crippen LogP contribution in [-0.4, -0.2) is 50.5 Å². The van der Waals surface area contributed by atoms with Crippen LogP contribution in [0.2, 0.25) is 0 Å². The van der Waals surface area contributed by atoms with E-state index in [0.717, 1.165) is 65.8 Å². The third-order valence-electron chi connectivity index (χ3n) is 7.07. The van der Waals surface area contributed by atoms with Crippen LogP contribution in [0.4, 0.5) is 11.4 Å². The number of nitrogens with one attached hydrogen (secondary N) is 3. The summed E-state index contributed by atoms with van der Waals surface area (Å²) in [5.74, 6) is 0.0428. The molecule has 2 aromatic carbocycles. The molecule has 41 heavy (non-hydrogen) atoms. The molecule has 0 radical (unpaired) electrons. The van der Waals surface area contributed by atoms with Gasteiger partial charge in [-0.2, -0.15) is 0 Å². The van der Waals surface area contributed by atoms with Gasteiger partial charge < -0.3 is 10.2 Å². The topological polar surface area (TPSA) is 113 Å². The molecule has 1 aliphatic carbocycles. The zero-order valence-electron chi connectivity index (χ0n) is 23.5. The molecule has 11 heteroatoms. The Balaban J connectivity index is 1.49. The number of halogens is 1. The van der Waals surface area contributed by atoms with Crippen molar-refractivity contribution < 1.29 is 18.0 Å². The average Bonchev–Trinajstić information content (AvgIpc) is 3.80. The van der Waals surface area contributed by atoms with Crippen molar-refractivity contribution in [1.82, 2.24) is 20.1 Å². The number of nitrogens with zero attached hydrogens (tertiary/aromatic N) is 2. The van der Waals surface area contributed by atoms with E-state index < -0.39 is 15.9 Å². The molecule has 0 bridgehead atoms. The number of rotatable bonds is 16. The highest BCUT2D eigenvalue weighted by Crippen LogP contribution is 2.29. The van der Waals surface area contributed by atoms with Crippen molar-refractivity contribution in [2.75, 3.05) is 31.6 Å². The first-order valence-corrected chi connectivity index (χ1v) is 16.6. The van der Waals surface area contributed by atoms with E-state index in [1.807, 2.05) is 36.4 Å². The minimum atomic E-state index is -3.89. The van der Waals surface area contributed by atoms with Crippen LogP contribution in [0.15, 0.2) is 65.7 Å². The third kappa shape index (κ3) is 9.47. The van der Waals surface area contributed by atoms with E-state index >= 15 is 0 Å². The molecule has 3 aromatic rings. The van der Waals surface area contributed by atoms with Crippen LogP contribution in [0.1, 0.15) is 54.7 Å². The van der Waals surface area contributed by atoms with Crippen molar-refractivity contribution in [2.45, 2.75) is 51.0 Å². The number of amides is 1. The van der Waals surface area contributed by atoms with Crippen LogP contribution in [0.25, 0.3) is 0 Å². The SMILES string of the molecule is CCN(CC)CCCc1ncccc1CNS(=O)(=O)c1ccc(C(=O)NOCC2CC2)c(Nc2ccc(I)cc2)c1. The lowest BCUT2D eigenvalue weighted by Gasteiger charge is -2.18. The molecule has 1 heterocycles. The van der Waals surface area contributed by atoms with Crippen molar-refractivity contribution in [3.05, 3.63) is 81.2 Å². The molecule has 1 fully saturated rings. The van der Waals surface area contributed by atoms with Crippen LogP contribution in [0.5, 0.6) is 0 Å². The summed E-state index contributed by atoms with van der Waals surface area (Å²) in [5.41, 5.74) is 5.59. The van der Waals surface area contributed by atoms with Gasteiger partial charge in [-0.25, -0.2) is 18.6 Å². The van der Waals surface area contributed by atoms with Gasteiger partial charge in [-0.1, -0.05) is 19.9 Å². The predicted octanol–water partition coefficient (Wildman–Crippen LogP) is 5.25. The number of aryl methyl sites for hydroxylation is 1. The fourth-order valence-electron chi connectivity index (χ4n) is 4.37. The van der Waals surface area contributed by atoms with Crippen molar-refractivity contribution in [2.24, 2.45) is 5.92 Å². The summed E-state index contributed by atoms with van der Waals surface area (Å²) in [7, 11) is -3.89. The van der Waals surface area contributed by atoms with Gasteiger partial charge in [-0.15, -0.1) is 0 Å². The molecule has 0 aliphatic heterocycles. The number of carbonyl (C=O) groups is 1. The molecule has 3 N–H and O–H groups in total. The maximum Gasteiger partial charge on any atom is 0.276 e. The van der Waals surface area contributed by atoms with Crippen molar-refractivity contribution in [3.8, 4) is 0 Å². The van der Waals surface area contributed by atoms with E-state index in [9.17, 15) is 13.2 Å². The lowest BCUT2D eigenvalue weighted by atomic mass is 10.1. The van der Waals surface area contributed by atoms with E-state index in [2.05, 4.69) is 61.8 Å². The second-order valence-corrected chi connectivity index (χ2v) is 13.1. The molecule has 0 spiro atoms. The average molecular weight is 692 g/mol. The van der Waals surface area contributed by atoms with Crippen molar-refractivity contribution >= 4 is 49.9 Å². The number of hydroxylamine groups is 1. The fourth-order valence-corrected chi connectivity index (χ4v) is 5.76. The lowest BCUT2D eigenvalue weighted by Crippen LogP contribution is -2.27. The van der Waals surface area contributed by atoms with Gasteiger partial charge in [0, 0.05) is 27.7 Å². The van der Waals surface area contributed by atoms with Gasteiger partial charge in [0.1, 0.15) is 0 Å². The summed E-state index contributed by atoms with van der Waals surface area (Å²) in [4.78, 5) is 25.2. The Morgan fingerprint density at radius 1 is 1.10 bits per heavy atom. The third-order valence-corrected chi connectivity index (χ3v) is 9.19. The van der Waals surface area contributed by atoms with Crippen LogP contribution in [0.3, 0.4) is 0 Å². The van der Waals surface area contributed by atoms with E-state index in [4.69, 9.17) is 4.84 Å². The molecular formula is C30H38IN5O4S. The Labute approximate surface area is 256 Å². The largest absolute Gasteiger partial charge is 0.355 e. The molecule has 1 aliphatic rings. The molecule has 1 aromatic heterocycles. The Kier molecular flexibility index (Phi) is 11.5. The second kappa shape index (κ2) is 15.1. The molecule has 4 rings (SSSR count). The van der Waals surface area contributed by atoms with Gasteiger partial charge in [0.05, 0.1) is 22.8 Å². The quantitative estimate of drug-likeness (QED) is 0.139. The summed E-state index contributed by atoms with van der Waals surface area (Å²) < 4.78 is 30.6. The predicted molar refractivity (Wildman–Crippen MR) is 169 cm³/mol. The first-order chi connectivity index (χ1) is 19.8. The van der Waals surface area contributed by atoms with Gasteiger partial charge >= 0.3 is 0 Å². The Morgan fingerprint density at radius 2 is 1.85 bits per heavy atom. The van der Waals surface area contributed by atoms with Gasteiger partial charge in [-0.05, 0) is 128 Å². The molecular weight excluding hydrogens is 653 g/mol. The molecule has 0 atom stereocenters. The number of benzene rings is 2. The normalized spacial score (nSPS) is 13.4. The number of sulfonamides is 1. The number of hydrogen-bond donors (Lipinski definition) is 3. The molecule has 1 amide bonds. The Bertz CT molecular complexity index is 1410. The van der Waals surface area contributed by atoms with E-state index in [0.29, 0.717) is 18.2 Å². The van der Waals surface area contributed by atoms with Crippen LogP contribution in [0, 0.1) is 9.49 Å². The minimum absolute atomic E-state index is 0.0490. The summed E-state index contributed by atoms with van der Waals surface area (Å²) in [6.07, 6.45) is 5.66. The standard InChI is InChI=1S/C30H38IN5O4S/c1-3-36(4-2)18-6-8-28-23(7-5-17-32-28)20-33-41(38,39)26-15-16-27(30(37)35-40-21-22-9-10-22)29(19-26)34-25-13-11-24(31)12-14-25/h5,7,11-17,19,22,33-34H,3-4,6,8-10,18,20-21H2,1-2H3,(H,35,37). The number of anilines is 2. The van der Waals surface area contributed by atoms with Crippen molar-refractivity contribution in [1.29, 1.82) is 0 Å². The van der Waals surface area contributed by atoms with E-state index in [1.54, 1.807) is 6.20 Å². The van der Waals surface area contributed by atoms with Crippen LogP contribution in [-0.2, 0) is 27.8 Å². The number of aromatic nitrogens is 1. The van der Waals surface area contributed by atoms with E-state index in [1.165, 1.54) is 18.2 Å². The highest BCUT2D eigenvalue weighted by atomic mass is 127. The second-order valence-electron chi connectivity index (χ2n) is 10.1. The molecule has 0 saturated heterocycles. The van der Waals surface area contributed by atoms with Gasteiger partial charge in [0.25, 0.3) is 5.91 Å². The molecule has 9 nitrogen and oxygen atoms in total. The maximum atomic E-state index is 13.4. The monoisotopic (exact) mass is 691 g/mol. The number of hydrogen-bond acceptors (Lipinski definition) is 7. The Hall–Kier alpha value is -2.58. The highest BCUT2D eigenvalue weighted by molar-refractivity contribution is 14.1. The fraction of sp³-hybridized carbons (Fsp3) is 0.400. The van der Waals surface area contributed by atoms with Crippen LogP contribution < -0.4 is 15.5 Å². The number of pyridine rings is 1. The molecule has 220 valence electrons. The first kappa shape index (κ1) is 31.4. The van der Waals surface area contributed by atoms with E-state index in [-0.39, 0.29) is 17.0 Å². The zero-order chi connectivity index (χ0) is 29.2. The smallest absolute Gasteiger partial charge is 0.276 e. The highest BCUT2D eigenvalue weighted by Gasteiger charge is 2.23. The summed E-state index contributed by atoms with van der Waals surface area (Å²) >= 11 is 2.21. The Morgan fingerprint density at radius 3 is 2.56 bits per heavy atom. The molecule has 1 saturated carbocycles.